The van der Waals surface area contributed by atoms with Gasteiger partial charge in [-0.25, -0.2) is 8.42 Å². The number of ether oxygens (including phenoxy) is 2. The van der Waals surface area contributed by atoms with Crippen LogP contribution in [-0.2, 0) is 14.8 Å². The van der Waals surface area contributed by atoms with Crippen molar-refractivity contribution in [2.45, 2.75) is 44.7 Å². The Hall–Kier alpha value is -2.59. The maximum absolute atomic E-state index is 13.3. The number of hydrogen-bond acceptors (Lipinski definition) is 6. The monoisotopic (exact) mass is 448 g/mol. The maximum atomic E-state index is 13.3. The van der Waals surface area contributed by atoms with Gasteiger partial charge in [0.15, 0.2) is 11.5 Å². The number of nitrogens with zero attached hydrogens (tertiary/aromatic N) is 4. The Morgan fingerprint density at radius 2 is 1.74 bits per heavy atom. The van der Waals surface area contributed by atoms with E-state index in [4.69, 9.17) is 9.47 Å². The molecule has 10 heteroatoms. The zero-order chi connectivity index (χ0) is 22.3. The first-order valence-electron chi connectivity index (χ1n) is 10.4. The van der Waals surface area contributed by atoms with Crippen LogP contribution in [0.3, 0.4) is 0 Å². The summed E-state index contributed by atoms with van der Waals surface area (Å²) in [5, 5.41) is 4.41. The quantitative estimate of drug-likeness (QED) is 0.708. The number of para-hydroxylation sites is 2. The summed E-state index contributed by atoms with van der Waals surface area (Å²) in [6.07, 6.45) is -0.730. The topological polar surface area (TPSA) is 94.0 Å². The second kappa shape index (κ2) is 8.16. The third kappa shape index (κ3) is 3.89. The summed E-state index contributed by atoms with van der Waals surface area (Å²) in [4.78, 5) is 14.8. The number of amides is 1. The van der Waals surface area contributed by atoms with Crippen molar-refractivity contribution in [3.8, 4) is 11.5 Å². The fraction of sp³-hybridized carbons (Fsp3) is 0.524. The molecule has 1 unspecified atom stereocenters. The third-order valence-corrected chi connectivity index (χ3v) is 7.83. The number of carbonyl (C=O) groups is 1. The summed E-state index contributed by atoms with van der Waals surface area (Å²) in [6.45, 7) is 8.63. The van der Waals surface area contributed by atoms with Gasteiger partial charge in [-0.15, -0.1) is 0 Å². The Bertz CT molecular complexity index is 1090. The minimum atomic E-state index is -3.69. The SMILES string of the molecule is Cc1nn(C(C)C)c(C)c1S(=O)(=O)N1CCN(C(=O)C2COc3ccccc3O2)CC1. The molecular weight excluding hydrogens is 420 g/mol. The maximum Gasteiger partial charge on any atom is 0.267 e. The van der Waals surface area contributed by atoms with Crippen LogP contribution in [0.15, 0.2) is 29.2 Å². The van der Waals surface area contributed by atoms with Crippen LogP contribution in [0.4, 0.5) is 0 Å². The van der Waals surface area contributed by atoms with Gasteiger partial charge in [-0.2, -0.15) is 9.40 Å². The van der Waals surface area contributed by atoms with Gasteiger partial charge < -0.3 is 14.4 Å². The summed E-state index contributed by atoms with van der Waals surface area (Å²) in [6, 6.07) is 7.30. The second-order valence-electron chi connectivity index (χ2n) is 8.13. The van der Waals surface area contributed by atoms with E-state index in [1.165, 1.54) is 4.31 Å². The lowest BCUT2D eigenvalue weighted by Gasteiger charge is -2.36. The fourth-order valence-electron chi connectivity index (χ4n) is 4.15. The van der Waals surface area contributed by atoms with Gasteiger partial charge in [0.2, 0.25) is 16.1 Å². The molecule has 9 nitrogen and oxygen atoms in total. The van der Waals surface area contributed by atoms with E-state index >= 15 is 0 Å². The van der Waals surface area contributed by atoms with Gasteiger partial charge in [0.05, 0.1) is 11.4 Å². The van der Waals surface area contributed by atoms with Crippen molar-refractivity contribution in [2.24, 2.45) is 0 Å². The average molecular weight is 449 g/mol. The molecule has 1 fully saturated rings. The van der Waals surface area contributed by atoms with Crippen LogP contribution in [-0.4, -0.2) is 72.2 Å². The van der Waals surface area contributed by atoms with Gasteiger partial charge in [-0.05, 0) is 39.8 Å². The highest BCUT2D eigenvalue weighted by Gasteiger charge is 2.37. The Morgan fingerprint density at radius 3 is 2.35 bits per heavy atom. The van der Waals surface area contributed by atoms with Crippen LogP contribution in [0, 0.1) is 13.8 Å². The number of fused-ring (bicyclic) bond motifs is 1. The van der Waals surface area contributed by atoms with Crippen LogP contribution in [0.1, 0.15) is 31.3 Å². The summed E-state index contributed by atoms with van der Waals surface area (Å²) < 4.78 is 41.2. The zero-order valence-corrected chi connectivity index (χ0v) is 19.1. The predicted octanol–water partition coefficient (Wildman–Crippen LogP) is 1.75. The van der Waals surface area contributed by atoms with Crippen molar-refractivity contribution in [1.29, 1.82) is 0 Å². The molecule has 0 N–H and O–H groups in total. The van der Waals surface area contributed by atoms with Gasteiger partial charge >= 0.3 is 0 Å². The Kier molecular flexibility index (Phi) is 5.69. The number of piperazine rings is 1. The van der Waals surface area contributed by atoms with Gasteiger partial charge in [-0.3, -0.25) is 9.48 Å². The highest BCUT2D eigenvalue weighted by atomic mass is 32.2. The van der Waals surface area contributed by atoms with Crippen molar-refractivity contribution < 1.29 is 22.7 Å². The van der Waals surface area contributed by atoms with E-state index in [1.54, 1.807) is 35.6 Å². The predicted molar refractivity (Wildman–Crippen MR) is 114 cm³/mol. The molecule has 3 heterocycles. The van der Waals surface area contributed by atoms with Crippen LogP contribution in [0.2, 0.25) is 0 Å². The van der Waals surface area contributed by atoms with E-state index in [0.29, 0.717) is 36.0 Å². The number of benzene rings is 1. The zero-order valence-electron chi connectivity index (χ0n) is 18.2. The van der Waals surface area contributed by atoms with Gasteiger partial charge in [0, 0.05) is 32.2 Å². The minimum absolute atomic E-state index is 0.0694. The first-order valence-corrected chi connectivity index (χ1v) is 11.9. The Morgan fingerprint density at radius 1 is 1.10 bits per heavy atom. The molecular formula is C21H28N4O5S. The molecule has 1 atom stereocenters. The number of sulfonamides is 1. The lowest BCUT2D eigenvalue weighted by atomic mass is 10.2. The molecule has 1 aromatic carbocycles. The van der Waals surface area contributed by atoms with Crippen LogP contribution >= 0.6 is 0 Å². The van der Waals surface area contributed by atoms with Crippen LogP contribution < -0.4 is 9.47 Å². The second-order valence-corrected chi connectivity index (χ2v) is 10.0. The Balaban J connectivity index is 1.44. The number of aryl methyl sites for hydroxylation is 1. The number of hydrogen-bond donors (Lipinski definition) is 0. The third-order valence-electron chi connectivity index (χ3n) is 5.68. The summed E-state index contributed by atoms with van der Waals surface area (Å²) in [5.41, 5.74) is 1.13. The van der Waals surface area contributed by atoms with Crippen molar-refractivity contribution in [2.75, 3.05) is 32.8 Å². The van der Waals surface area contributed by atoms with E-state index in [9.17, 15) is 13.2 Å². The van der Waals surface area contributed by atoms with E-state index in [-0.39, 0.29) is 36.5 Å². The minimum Gasteiger partial charge on any atom is -0.485 e. The molecule has 0 radical (unpaired) electrons. The molecule has 0 spiro atoms. The lowest BCUT2D eigenvalue weighted by Crippen LogP contribution is -2.55. The molecule has 2 aliphatic rings. The highest BCUT2D eigenvalue weighted by Crippen LogP contribution is 2.31. The molecule has 31 heavy (non-hydrogen) atoms. The molecule has 1 saturated heterocycles. The lowest BCUT2D eigenvalue weighted by molar-refractivity contribution is -0.142. The summed E-state index contributed by atoms with van der Waals surface area (Å²) in [7, 11) is -3.69. The molecule has 2 aliphatic heterocycles. The molecule has 168 valence electrons. The standard InChI is InChI=1S/C21H28N4O5S/c1-14(2)25-16(4)20(15(3)22-25)31(27,28)24-11-9-23(10-12-24)21(26)19-13-29-17-7-5-6-8-18(17)30-19/h5-8,14,19H,9-13H2,1-4H3. The largest absolute Gasteiger partial charge is 0.485 e. The van der Waals surface area contributed by atoms with E-state index in [1.807, 2.05) is 26.0 Å². The van der Waals surface area contributed by atoms with Gasteiger partial charge in [-0.1, -0.05) is 12.1 Å². The van der Waals surface area contributed by atoms with Crippen molar-refractivity contribution in [3.05, 3.63) is 35.7 Å². The van der Waals surface area contributed by atoms with Gasteiger partial charge in [0.25, 0.3) is 5.91 Å². The van der Waals surface area contributed by atoms with Crippen molar-refractivity contribution >= 4 is 15.9 Å². The normalized spacial score (nSPS) is 19.6. The van der Waals surface area contributed by atoms with E-state index in [2.05, 4.69) is 5.10 Å². The van der Waals surface area contributed by atoms with Crippen LogP contribution in [0.5, 0.6) is 11.5 Å². The molecule has 4 rings (SSSR count). The number of aromatic nitrogens is 2. The van der Waals surface area contributed by atoms with E-state index < -0.39 is 16.1 Å². The fourth-order valence-corrected chi connectivity index (χ4v) is 5.93. The first-order chi connectivity index (χ1) is 14.7. The summed E-state index contributed by atoms with van der Waals surface area (Å²) in [5.74, 6) is 0.975. The van der Waals surface area contributed by atoms with Crippen LogP contribution in [0.25, 0.3) is 0 Å². The molecule has 1 aromatic heterocycles. The molecule has 2 aromatic rings. The molecule has 0 aliphatic carbocycles. The molecule has 0 saturated carbocycles. The highest BCUT2D eigenvalue weighted by molar-refractivity contribution is 7.89. The van der Waals surface area contributed by atoms with Gasteiger partial charge in [0.1, 0.15) is 11.5 Å². The van der Waals surface area contributed by atoms with E-state index in [0.717, 1.165) is 0 Å². The average Bonchev–Trinajstić information content (AvgIpc) is 3.07. The number of rotatable bonds is 4. The number of carbonyl (C=O) groups excluding carboxylic acids is 1. The molecule has 0 bridgehead atoms. The Labute approximate surface area is 182 Å². The first kappa shape index (κ1) is 21.6. The summed E-state index contributed by atoms with van der Waals surface area (Å²) >= 11 is 0. The van der Waals surface area contributed by atoms with Crippen molar-refractivity contribution in [3.63, 3.8) is 0 Å². The van der Waals surface area contributed by atoms with Crippen molar-refractivity contribution in [1.82, 2.24) is 19.0 Å². The smallest absolute Gasteiger partial charge is 0.267 e. The molecule has 1 amide bonds.